The first-order chi connectivity index (χ1) is 14.1. The van der Waals surface area contributed by atoms with Crippen LogP contribution in [0.5, 0.6) is 11.5 Å². The number of ether oxygens (including phenoxy) is 2. The third-order valence-corrected chi connectivity index (χ3v) is 5.96. The molecule has 1 unspecified atom stereocenters. The minimum absolute atomic E-state index is 0.109. The van der Waals surface area contributed by atoms with Crippen LogP contribution in [-0.2, 0) is 13.1 Å². The molecule has 0 saturated carbocycles. The summed E-state index contributed by atoms with van der Waals surface area (Å²) < 4.78 is 13.7. The molecule has 1 aromatic heterocycles. The van der Waals surface area contributed by atoms with E-state index in [1.54, 1.807) is 14.2 Å². The highest BCUT2D eigenvalue weighted by atomic mass is 16.5. The van der Waals surface area contributed by atoms with Gasteiger partial charge in [-0.1, -0.05) is 23.8 Å². The van der Waals surface area contributed by atoms with Crippen LogP contribution in [0, 0.1) is 13.8 Å². The van der Waals surface area contributed by atoms with E-state index in [0.717, 1.165) is 43.1 Å². The predicted molar refractivity (Wildman–Crippen MR) is 117 cm³/mol. The molecule has 0 spiro atoms. The minimum Gasteiger partial charge on any atom is -0.497 e. The number of methoxy groups -OCH3 is 2. The number of nitrogens with zero attached hydrogens (tertiary/aromatic N) is 2. The lowest BCUT2D eigenvalue weighted by atomic mass is 9.98. The van der Waals surface area contributed by atoms with Gasteiger partial charge in [-0.25, -0.2) is 0 Å². The number of benzene rings is 2. The van der Waals surface area contributed by atoms with Crippen LogP contribution in [0.1, 0.15) is 40.4 Å². The molecule has 152 valence electrons. The van der Waals surface area contributed by atoms with Crippen LogP contribution in [0.25, 0.3) is 0 Å². The summed E-state index contributed by atoms with van der Waals surface area (Å²) in [5.74, 6) is 1.76. The van der Waals surface area contributed by atoms with Crippen molar-refractivity contribution in [3.05, 3.63) is 82.7 Å². The highest BCUT2D eigenvalue weighted by Gasteiger charge is 2.30. The second-order valence-electron chi connectivity index (χ2n) is 7.89. The SMILES string of the molecule is COc1ccc(OC)c(C2c3cccn3CCCN2Cc2ccc(C)cc2C)c1. The summed E-state index contributed by atoms with van der Waals surface area (Å²) in [6.07, 6.45) is 3.31. The molecule has 29 heavy (non-hydrogen) atoms. The zero-order chi connectivity index (χ0) is 20.4. The van der Waals surface area contributed by atoms with Crippen molar-refractivity contribution in [1.82, 2.24) is 9.47 Å². The summed E-state index contributed by atoms with van der Waals surface area (Å²) in [7, 11) is 3.46. The third kappa shape index (κ3) is 3.90. The van der Waals surface area contributed by atoms with Gasteiger partial charge in [0.15, 0.2) is 0 Å². The third-order valence-electron chi connectivity index (χ3n) is 5.96. The number of rotatable bonds is 5. The highest BCUT2D eigenvalue weighted by molar-refractivity contribution is 5.46. The standard InChI is InChI=1S/C25H30N2O2/c1-18-8-9-20(19(2)15-18)17-27-14-6-13-26-12-5-7-23(26)25(27)22-16-21(28-3)10-11-24(22)29-4/h5,7-12,15-16,25H,6,13-14,17H2,1-4H3. The van der Waals surface area contributed by atoms with E-state index in [4.69, 9.17) is 9.47 Å². The van der Waals surface area contributed by atoms with E-state index in [1.165, 1.54) is 22.4 Å². The molecule has 0 fully saturated rings. The van der Waals surface area contributed by atoms with Gasteiger partial charge in [0.1, 0.15) is 11.5 Å². The number of hydrogen-bond donors (Lipinski definition) is 0. The Morgan fingerprint density at radius 3 is 2.59 bits per heavy atom. The average Bonchev–Trinajstić information content (AvgIpc) is 3.11. The van der Waals surface area contributed by atoms with Crippen molar-refractivity contribution in [1.29, 1.82) is 0 Å². The van der Waals surface area contributed by atoms with Crippen LogP contribution >= 0.6 is 0 Å². The maximum atomic E-state index is 5.78. The number of fused-ring (bicyclic) bond motifs is 1. The van der Waals surface area contributed by atoms with E-state index in [-0.39, 0.29) is 6.04 Å². The molecule has 3 aromatic rings. The van der Waals surface area contributed by atoms with Crippen LogP contribution in [0.15, 0.2) is 54.7 Å². The van der Waals surface area contributed by atoms with Crippen molar-refractivity contribution in [2.24, 2.45) is 0 Å². The Kier molecular flexibility index (Phi) is 5.63. The van der Waals surface area contributed by atoms with Crippen LogP contribution in [-0.4, -0.2) is 30.2 Å². The van der Waals surface area contributed by atoms with Crippen molar-refractivity contribution in [2.45, 2.75) is 39.4 Å². The first-order valence-electron chi connectivity index (χ1n) is 10.3. The van der Waals surface area contributed by atoms with E-state index in [9.17, 15) is 0 Å². The van der Waals surface area contributed by atoms with Crippen molar-refractivity contribution in [3.63, 3.8) is 0 Å². The van der Waals surface area contributed by atoms with Gasteiger partial charge in [0.25, 0.3) is 0 Å². The fourth-order valence-electron chi connectivity index (χ4n) is 4.46. The molecule has 1 aliphatic heterocycles. The maximum absolute atomic E-state index is 5.78. The normalized spacial score (nSPS) is 16.9. The Balaban J connectivity index is 1.81. The Morgan fingerprint density at radius 1 is 0.966 bits per heavy atom. The maximum Gasteiger partial charge on any atom is 0.124 e. The first-order valence-corrected chi connectivity index (χ1v) is 10.3. The van der Waals surface area contributed by atoms with Crippen LogP contribution < -0.4 is 9.47 Å². The van der Waals surface area contributed by atoms with Gasteiger partial charge in [-0.3, -0.25) is 4.90 Å². The molecule has 2 heterocycles. The summed E-state index contributed by atoms with van der Waals surface area (Å²) in [5, 5.41) is 0. The van der Waals surface area contributed by atoms with Crippen LogP contribution in [0.4, 0.5) is 0 Å². The largest absolute Gasteiger partial charge is 0.497 e. The monoisotopic (exact) mass is 390 g/mol. The number of aryl methyl sites for hydroxylation is 3. The topological polar surface area (TPSA) is 26.6 Å². The quantitative estimate of drug-likeness (QED) is 0.605. The van der Waals surface area contributed by atoms with E-state index in [2.05, 4.69) is 65.9 Å². The van der Waals surface area contributed by atoms with Gasteiger partial charge >= 0.3 is 0 Å². The molecule has 0 amide bonds. The molecular weight excluding hydrogens is 360 g/mol. The van der Waals surface area contributed by atoms with Crippen molar-refractivity contribution in [2.75, 3.05) is 20.8 Å². The van der Waals surface area contributed by atoms with Gasteiger partial charge in [-0.2, -0.15) is 0 Å². The second-order valence-corrected chi connectivity index (χ2v) is 7.89. The fourth-order valence-corrected chi connectivity index (χ4v) is 4.46. The molecule has 0 saturated heterocycles. The average molecular weight is 391 g/mol. The van der Waals surface area contributed by atoms with Gasteiger partial charge in [-0.05, 0) is 61.7 Å². The van der Waals surface area contributed by atoms with E-state index < -0.39 is 0 Å². The Labute approximate surface area is 173 Å². The molecule has 0 radical (unpaired) electrons. The Morgan fingerprint density at radius 2 is 1.83 bits per heavy atom. The molecule has 4 nitrogen and oxygen atoms in total. The lowest BCUT2D eigenvalue weighted by Gasteiger charge is -2.32. The van der Waals surface area contributed by atoms with Gasteiger partial charge in [0.05, 0.1) is 20.3 Å². The minimum atomic E-state index is 0.109. The van der Waals surface area contributed by atoms with Crippen molar-refractivity contribution < 1.29 is 9.47 Å². The summed E-state index contributed by atoms with van der Waals surface area (Å²) in [4.78, 5) is 2.58. The fraction of sp³-hybridized carbons (Fsp3) is 0.360. The molecule has 2 aromatic carbocycles. The smallest absolute Gasteiger partial charge is 0.124 e. The number of aromatic nitrogens is 1. The Hall–Kier alpha value is -2.72. The second kappa shape index (κ2) is 8.34. The van der Waals surface area contributed by atoms with Gasteiger partial charge in [-0.15, -0.1) is 0 Å². The summed E-state index contributed by atoms with van der Waals surface area (Å²) in [5.41, 5.74) is 6.49. The lowest BCUT2D eigenvalue weighted by molar-refractivity contribution is 0.215. The van der Waals surface area contributed by atoms with Crippen molar-refractivity contribution in [3.8, 4) is 11.5 Å². The summed E-state index contributed by atoms with van der Waals surface area (Å²) in [6, 6.07) is 17.4. The van der Waals surface area contributed by atoms with Gasteiger partial charge in [0.2, 0.25) is 0 Å². The van der Waals surface area contributed by atoms with Crippen LogP contribution in [0.2, 0.25) is 0 Å². The van der Waals surface area contributed by atoms with E-state index in [1.807, 2.05) is 12.1 Å². The Bertz CT molecular complexity index is 992. The molecule has 0 aliphatic carbocycles. The van der Waals surface area contributed by atoms with E-state index >= 15 is 0 Å². The zero-order valence-corrected chi connectivity index (χ0v) is 17.8. The van der Waals surface area contributed by atoms with Gasteiger partial charge < -0.3 is 14.0 Å². The highest BCUT2D eigenvalue weighted by Crippen LogP contribution is 2.39. The molecule has 4 rings (SSSR count). The lowest BCUT2D eigenvalue weighted by Crippen LogP contribution is -2.30. The molecule has 4 heteroatoms. The van der Waals surface area contributed by atoms with E-state index in [0.29, 0.717) is 0 Å². The molecular formula is C25H30N2O2. The zero-order valence-electron chi connectivity index (χ0n) is 17.8. The first kappa shape index (κ1) is 19.6. The van der Waals surface area contributed by atoms with Gasteiger partial charge in [0, 0.05) is 37.1 Å². The molecule has 1 atom stereocenters. The van der Waals surface area contributed by atoms with Crippen molar-refractivity contribution >= 4 is 0 Å². The summed E-state index contributed by atoms with van der Waals surface area (Å²) in [6.45, 7) is 7.33. The predicted octanol–water partition coefficient (Wildman–Crippen LogP) is 5.12. The molecule has 0 bridgehead atoms. The molecule has 1 aliphatic rings. The summed E-state index contributed by atoms with van der Waals surface area (Å²) >= 11 is 0. The molecule has 0 N–H and O–H groups in total. The number of hydrogen-bond acceptors (Lipinski definition) is 3. The van der Waals surface area contributed by atoms with Crippen LogP contribution in [0.3, 0.4) is 0 Å².